The molecule has 0 N–H and O–H groups in total. The number of nitriles is 1. The number of nitrogens with zero attached hydrogens (tertiary/aromatic N) is 2. The third kappa shape index (κ3) is 3.44. The van der Waals surface area contributed by atoms with Gasteiger partial charge in [0, 0.05) is 26.8 Å². The normalized spacial score (nSPS) is 19.5. The highest BCUT2D eigenvalue weighted by molar-refractivity contribution is 5.85. The molecule has 0 unspecified atom stereocenters. The van der Waals surface area contributed by atoms with E-state index in [1.165, 1.54) is 0 Å². The van der Waals surface area contributed by atoms with E-state index in [9.17, 15) is 10.1 Å². The lowest BCUT2D eigenvalue weighted by atomic mass is 9.80. The van der Waals surface area contributed by atoms with E-state index in [4.69, 9.17) is 4.74 Å². The average molecular weight is 238 g/mol. The Bertz CT molecular complexity index is 319. The second-order valence-corrected chi connectivity index (χ2v) is 6.03. The van der Waals surface area contributed by atoms with E-state index in [0.29, 0.717) is 32.6 Å². The van der Waals surface area contributed by atoms with Gasteiger partial charge in [-0.15, -0.1) is 0 Å². The molecule has 4 heteroatoms. The van der Waals surface area contributed by atoms with Gasteiger partial charge in [0.1, 0.15) is 5.41 Å². The van der Waals surface area contributed by atoms with E-state index in [2.05, 4.69) is 26.8 Å². The maximum absolute atomic E-state index is 12.4. The number of hydrogen-bond acceptors (Lipinski definition) is 3. The zero-order valence-electron chi connectivity index (χ0n) is 11.2. The van der Waals surface area contributed by atoms with Gasteiger partial charge in [-0.1, -0.05) is 20.8 Å². The quantitative estimate of drug-likeness (QED) is 0.737. The van der Waals surface area contributed by atoms with Crippen molar-refractivity contribution in [3.05, 3.63) is 0 Å². The minimum absolute atomic E-state index is 0.0478. The van der Waals surface area contributed by atoms with Gasteiger partial charge in [-0.3, -0.25) is 4.79 Å². The van der Waals surface area contributed by atoms with Gasteiger partial charge in [-0.05, 0) is 18.3 Å². The van der Waals surface area contributed by atoms with Crippen molar-refractivity contribution in [1.82, 2.24) is 4.90 Å². The molecule has 0 radical (unpaired) electrons. The summed E-state index contributed by atoms with van der Waals surface area (Å²) in [5.41, 5.74) is -0.815. The van der Waals surface area contributed by atoms with Crippen LogP contribution in [0.3, 0.4) is 0 Å². The molecule has 0 aromatic heterocycles. The van der Waals surface area contributed by atoms with Crippen molar-refractivity contribution in [2.75, 3.05) is 26.8 Å². The molecule has 0 aromatic rings. The first-order valence-corrected chi connectivity index (χ1v) is 6.05. The zero-order chi connectivity index (χ0) is 13.1. The highest BCUT2D eigenvalue weighted by Gasteiger charge is 2.42. The lowest BCUT2D eigenvalue weighted by Crippen LogP contribution is -2.46. The number of carbonyl (C=O) groups excluding carboxylic acids is 1. The summed E-state index contributed by atoms with van der Waals surface area (Å²) in [6.07, 6.45) is 1.02. The van der Waals surface area contributed by atoms with Crippen LogP contribution in [0.15, 0.2) is 0 Å². The van der Waals surface area contributed by atoms with Gasteiger partial charge < -0.3 is 9.64 Å². The third-order valence-corrected chi connectivity index (χ3v) is 3.03. The Morgan fingerprint density at radius 2 is 1.94 bits per heavy atom. The summed E-state index contributed by atoms with van der Waals surface area (Å²) in [6.45, 7) is 7.92. The maximum atomic E-state index is 12.4. The molecule has 1 amide bonds. The number of ether oxygens (including phenoxy) is 1. The molecule has 0 aliphatic carbocycles. The van der Waals surface area contributed by atoms with E-state index < -0.39 is 5.41 Å². The minimum Gasteiger partial charge on any atom is -0.381 e. The van der Waals surface area contributed by atoms with Crippen LogP contribution in [0.1, 0.15) is 33.6 Å². The predicted octanol–water partition coefficient (Wildman–Crippen LogP) is 1.81. The minimum atomic E-state index is -0.863. The van der Waals surface area contributed by atoms with Crippen molar-refractivity contribution in [3.8, 4) is 6.07 Å². The lowest BCUT2D eigenvalue weighted by molar-refractivity contribution is -0.143. The van der Waals surface area contributed by atoms with Crippen molar-refractivity contribution in [2.45, 2.75) is 33.6 Å². The fourth-order valence-electron chi connectivity index (χ4n) is 2.24. The second-order valence-electron chi connectivity index (χ2n) is 6.03. The van der Waals surface area contributed by atoms with Gasteiger partial charge in [0.15, 0.2) is 0 Å². The van der Waals surface area contributed by atoms with E-state index in [0.717, 1.165) is 0 Å². The standard InChI is InChI=1S/C13H22N2O2/c1-12(2,3)10-15(4)11(16)13(9-14)5-7-17-8-6-13/h5-8,10H2,1-4H3. The van der Waals surface area contributed by atoms with E-state index in [-0.39, 0.29) is 11.3 Å². The third-order valence-electron chi connectivity index (χ3n) is 3.03. The molecule has 0 atom stereocenters. The monoisotopic (exact) mass is 238 g/mol. The summed E-state index contributed by atoms with van der Waals surface area (Å²) in [7, 11) is 1.78. The molecule has 1 rings (SSSR count). The van der Waals surface area contributed by atoms with Crippen LogP contribution in [-0.4, -0.2) is 37.6 Å². The van der Waals surface area contributed by atoms with Gasteiger partial charge in [0.25, 0.3) is 0 Å². The summed E-state index contributed by atoms with van der Waals surface area (Å²) in [5, 5.41) is 9.31. The summed E-state index contributed by atoms with van der Waals surface area (Å²) in [5.74, 6) is -0.0572. The van der Waals surface area contributed by atoms with Gasteiger partial charge in [-0.25, -0.2) is 0 Å². The first-order valence-electron chi connectivity index (χ1n) is 6.05. The Balaban J connectivity index is 2.76. The fourth-order valence-corrected chi connectivity index (χ4v) is 2.24. The summed E-state index contributed by atoms with van der Waals surface area (Å²) >= 11 is 0. The molecule has 0 saturated carbocycles. The first kappa shape index (κ1) is 14.0. The van der Waals surface area contributed by atoms with Gasteiger partial charge in [-0.2, -0.15) is 5.26 Å². The van der Waals surface area contributed by atoms with Gasteiger partial charge in [0.05, 0.1) is 6.07 Å². The van der Waals surface area contributed by atoms with Crippen LogP contribution in [-0.2, 0) is 9.53 Å². The summed E-state index contributed by atoms with van der Waals surface area (Å²) < 4.78 is 5.24. The SMILES string of the molecule is CN(CC(C)(C)C)C(=O)C1(C#N)CCOCC1. The highest BCUT2D eigenvalue weighted by atomic mass is 16.5. The van der Waals surface area contributed by atoms with Crippen LogP contribution in [0.25, 0.3) is 0 Å². The summed E-state index contributed by atoms with van der Waals surface area (Å²) in [6, 6.07) is 2.21. The molecule has 1 aliphatic rings. The first-order chi connectivity index (χ1) is 7.81. The molecule has 1 fully saturated rings. The molecular formula is C13H22N2O2. The van der Waals surface area contributed by atoms with Crippen LogP contribution in [0, 0.1) is 22.2 Å². The number of carbonyl (C=O) groups is 1. The molecule has 4 nitrogen and oxygen atoms in total. The largest absolute Gasteiger partial charge is 0.381 e. The number of hydrogen-bond donors (Lipinski definition) is 0. The number of amides is 1. The number of rotatable bonds is 2. The van der Waals surface area contributed by atoms with Crippen LogP contribution in [0.4, 0.5) is 0 Å². The Hall–Kier alpha value is -1.08. The Morgan fingerprint density at radius 3 is 2.35 bits per heavy atom. The van der Waals surface area contributed by atoms with Crippen molar-refractivity contribution >= 4 is 5.91 Å². The molecule has 1 saturated heterocycles. The molecule has 1 aliphatic heterocycles. The molecule has 1 heterocycles. The van der Waals surface area contributed by atoms with Crippen LogP contribution in [0.2, 0.25) is 0 Å². The van der Waals surface area contributed by atoms with Crippen LogP contribution >= 0.6 is 0 Å². The second kappa shape index (κ2) is 5.05. The van der Waals surface area contributed by atoms with Crippen LogP contribution < -0.4 is 0 Å². The van der Waals surface area contributed by atoms with Crippen molar-refractivity contribution < 1.29 is 9.53 Å². The van der Waals surface area contributed by atoms with Crippen molar-refractivity contribution in [1.29, 1.82) is 5.26 Å². The van der Waals surface area contributed by atoms with Crippen molar-refractivity contribution in [2.24, 2.45) is 10.8 Å². The van der Waals surface area contributed by atoms with Crippen molar-refractivity contribution in [3.63, 3.8) is 0 Å². The Morgan fingerprint density at radius 1 is 1.41 bits per heavy atom. The van der Waals surface area contributed by atoms with E-state index in [1.54, 1.807) is 11.9 Å². The smallest absolute Gasteiger partial charge is 0.242 e. The molecule has 0 bridgehead atoms. The Kier molecular flexibility index (Phi) is 4.16. The van der Waals surface area contributed by atoms with Crippen LogP contribution in [0.5, 0.6) is 0 Å². The molecule has 0 aromatic carbocycles. The van der Waals surface area contributed by atoms with E-state index >= 15 is 0 Å². The van der Waals surface area contributed by atoms with Gasteiger partial charge >= 0.3 is 0 Å². The van der Waals surface area contributed by atoms with Gasteiger partial charge in [0.2, 0.25) is 5.91 Å². The summed E-state index contributed by atoms with van der Waals surface area (Å²) in [4.78, 5) is 14.1. The molecule has 17 heavy (non-hydrogen) atoms. The Labute approximate surface area is 104 Å². The molecule has 96 valence electrons. The highest BCUT2D eigenvalue weighted by Crippen LogP contribution is 2.32. The lowest BCUT2D eigenvalue weighted by Gasteiger charge is -2.35. The molecule has 0 spiro atoms. The van der Waals surface area contributed by atoms with E-state index in [1.807, 2.05) is 0 Å². The molecular weight excluding hydrogens is 216 g/mol. The topological polar surface area (TPSA) is 53.3 Å². The maximum Gasteiger partial charge on any atom is 0.242 e. The fraction of sp³-hybridized carbons (Fsp3) is 0.846. The zero-order valence-corrected chi connectivity index (χ0v) is 11.2. The predicted molar refractivity (Wildman–Crippen MR) is 65.2 cm³/mol. The average Bonchev–Trinajstić information content (AvgIpc) is 2.26.